The Kier molecular flexibility index (Phi) is 2.61. The van der Waals surface area contributed by atoms with E-state index in [1.54, 1.807) is 0 Å². The fourth-order valence-corrected chi connectivity index (χ4v) is 2.72. The summed E-state index contributed by atoms with van der Waals surface area (Å²) in [6, 6.07) is 0.685. The number of nitrogens with one attached hydrogen (secondary N) is 1. The van der Waals surface area contributed by atoms with Gasteiger partial charge in [-0.25, -0.2) is 0 Å². The average molecular weight is 197 g/mol. The van der Waals surface area contributed by atoms with E-state index in [0.717, 1.165) is 13.2 Å². The highest BCUT2D eigenvalue weighted by molar-refractivity contribution is 5.00. The molecule has 1 N–H and O–H groups in total. The average Bonchev–Trinajstić information content (AvgIpc) is 1.99. The van der Waals surface area contributed by atoms with Crippen molar-refractivity contribution >= 4 is 0 Å². The Morgan fingerprint density at radius 1 is 1.36 bits per heavy atom. The molecule has 2 heterocycles. The van der Waals surface area contributed by atoms with Gasteiger partial charge in [0.15, 0.2) is 0 Å². The maximum absolute atomic E-state index is 5.42. The molecule has 2 fully saturated rings. The standard InChI is InChI=1S/C12H23NO/c1-11(2,3)7-10-12(8-14-9-12)5-4-6-13-10/h10,13H,4-9H2,1-3H3. The van der Waals surface area contributed by atoms with E-state index in [1.165, 1.54) is 25.8 Å². The Labute approximate surface area is 87.4 Å². The molecule has 2 aliphatic rings. The lowest BCUT2D eigenvalue weighted by Crippen LogP contribution is -2.60. The molecule has 0 saturated carbocycles. The van der Waals surface area contributed by atoms with Crippen LogP contribution in [0.4, 0.5) is 0 Å². The molecular weight excluding hydrogens is 174 g/mol. The zero-order valence-corrected chi connectivity index (χ0v) is 9.73. The van der Waals surface area contributed by atoms with Crippen LogP contribution in [-0.4, -0.2) is 25.8 Å². The number of hydrogen-bond donors (Lipinski definition) is 1. The molecule has 2 nitrogen and oxygen atoms in total. The predicted molar refractivity (Wildman–Crippen MR) is 58.3 cm³/mol. The summed E-state index contributed by atoms with van der Waals surface area (Å²) >= 11 is 0. The third-order valence-electron chi connectivity index (χ3n) is 3.58. The molecule has 0 radical (unpaired) electrons. The van der Waals surface area contributed by atoms with E-state index in [2.05, 4.69) is 26.1 Å². The highest BCUT2D eigenvalue weighted by atomic mass is 16.5. The summed E-state index contributed by atoms with van der Waals surface area (Å²) < 4.78 is 5.42. The van der Waals surface area contributed by atoms with Crippen LogP contribution in [0.25, 0.3) is 0 Å². The van der Waals surface area contributed by atoms with Crippen LogP contribution in [0, 0.1) is 10.8 Å². The first-order chi connectivity index (χ1) is 6.52. The Hall–Kier alpha value is -0.0800. The van der Waals surface area contributed by atoms with E-state index in [1.807, 2.05) is 0 Å². The zero-order chi connectivity index (χ0) is 10.2. The lowest BCUT2D eigenvalue weighted by molar-refractivity contribution is -0.150. The van der Waals surface area contributed by atoms with E-state index < -0.39 is 0 Å². The summed E-state index contributed by atoms with van der Waals surface area (Å²) in [6.45, 7) is 10.2. The third-order valence-corrected chi connectivity index (χ3v) is 3.58. The molecule has 1 spiro atoms. The van der Waals surface area contributed by atoms with Crippen molar-refractivity contribution < 1.29 is 4.74 Å². The van der Waals surface area contributed by atoms with Crippen molar-refractivity contribution in [2.24, 2.45) is 10.8 Å². The molecule has 2 aliphatic heterocycles. The Bertz CT molecular complexity index is 203. The Morgan fingerprint density at radius 2 is 2.07 bits per heavy atom. The first-order valence-electron chi connectivity index (χ1n) is 5.83. The van der Waals surface area contributed by atoms with Gasteiger partial charge in [0.1, 0.15) is 0 Å². The Balaban J connectivity index is 2.00. The van der Waals surface area contributed by atoms with Gasteiger partial charge in [-0.2, -0.15) is 0 Å². The van der Waals surface area contributed by atoms with Gasteiger partial charge < -0.3 is 10.1 Å². The molecule has 0 aliphatic carbocycles. The van der Waals surface area contributed by atoms with Crippen LogP contribution in [0.15, 0.2) is 0 Å². The number of ether oxygens (including phenoxy) is 1. The van der Waals surface area contributed by atoms with Crippen molar-refractivity contribution in [3.05, 3.63) is 0 Å². The molecule has 0 aromatic heterocycles. The largest absolute Gasteiger partial charge is 0.380 e. The second-order valence-electron chi connectivity index (χ2n) is 6.23. The Morgan fingerprint density at radius 3 is 2.57 bits per heavy atom. The maximum atomic E-state index is 5.42. The van der Waals surface area contributed by atoms with Gasteiger partial charge in [-0.05, 0) is 31.2 Å². The van der Waals surface area contributed by atoms with Crippen LogP contribution in [0.2, 0.25) is 0 Å². The molecule has 2 saturated heterocycles. The summed E-state index contributed by atoms with van der Waals surface area (Å²) in [4.78, 5) is 0. The molecule has 0 aromatic rings. The predicted octanol–water partition coefficient (Wildman–Crippen LogP) is 2.19. The zero-order valence-electron chi connectivity index (χ0n) is 9.73. The van der Waals surface area contributed by atoms with Crippen molar-refractivity contribution in [3.8, 4) is 0 Å². The molecule has 0 aromatic carbocycles. The SMILES string of the molecule is CC(C)(C)CC1NCCCC12COC2. The van der Waals surface area contributed by atoms with E-state index in [4.69, 9.17) is 4.74 Å². The van der Waals surface area contributed by atoms with Crippen molar-refractivity contribution in [1.82, 2.24) is 5.32 Å². The number of hydrogen-bond acceptors (Lipinski definition) is 2. The summed E-state index contributed by atoms with van der Waals surface area (Å²) in [5, 5.41) is 3.69. The number of rotatable bonds is 1. The minimum absolute atomic E-state index is 0.428. The molecule has 82 valence electrons. The third kappa shape index (κ3) is 1.96. The maximum Gasteiger partial charge on any atom is 0.0559 e. The fraction of sp³-hybridized carbons (Fsp3) is 1.00. The smallest absolute Gasteiger partial charge is 0.0559 e. The van der Waals surface area contributed by atoms with Gasteiger partial charge in [0.05, 0.1) is 13.2 Å². The fourth-order valence-electron chi connectivity index (χ4n) is 2.72. The molecule has 0 amide bonds. The summed E-state index contributed by atoms with van der Waals surface area (Å²) in [6.07, 6.45) is 3.96. The minimum Gasteiger partial charge on any atom is -0.380 e. The van der Waals surface area contributed by atoms with Crippen LogP contribution in [-0.2, 0) is 4.74 Å². The highest BCUT2D eigenvalue weighted by Gasteiger charge is 2.47. The van der Waals surface area contributed by atoms with Crippen molar-refractivity contribution in [2.75, 3.05) is 19.8 Å². The van der Waals surface area contributed by atoms with Gasteiger partial charge in [-0.1, -0.05) is 20.8 Å². The lowest BCUT2D eigenvalue weighted by atomic mass is 9.68. The first-order valence-corrected chi connectivity index (χ1v) is 5.83. The van der Waals surface area contributed by atoms with Crippen LogP contribution in [0.3, 0.4) is 0 Å². The second-order valence-corrected chi connectivity index (χ2v) is 6.23. The van der Waals surface area contributed by atoms with Gasteiger partial charge in [0, 0.05) is 11.5 Å². The van der Waals surface area contributed by atoms with Crippen LogP contribution in [0.1, 0.15) is 40.0 Å². The highest BCUT2D eigenvalue weighted by Crippen LogP contribution is 2.42. The normalized spacial score (nSPS) is 31.5. The van der Waals surface area contributed by atoms with E-state index in [-0.39, 0.29) is 0 Å². The van der Waals surface area contributed by atoms with Gasteiger partial charge in [-0.3, -0.25) is 0 Å². The quantitative estimate of drug-likeness (QED) is 0.696. The summed E-state index contributed by atoms with van der Waals surface area (Å²) in [5.74, 6) is 0. The molecule has 1 unspecified atom stereocenters. The summed E-state index contributed by atoms with van der Waals surface area (Å²) in [7, 11) is 0. The topological polar surface area (TPSA) is 21.3 Å². The molecule has 0 bridgehead atoms. The van der Waals surface area contributed by atoms with Crippen LogP contribution < -0.4 is 5.32 Å². The van der Waals surface area contributed by atoms with Gasteiger partial charge in [0.2, 0.25) is 0 Å². The summed E-state index contributed by atoms with van der Waals surface area (Å²) in [5.41, 5.74) is 0.920. The second kappa shape index (κ2) is 3.49. The van der Waals surface area contributed by atoms with Crippen molar-refractivity contribution in [3.63, 3.8) is 0 Å². The van der Waals surface area contributed by atoms with E-state index >= 15 is 0 Å². The van der Waals surface area contributed by atoms with Crippen LogP contribution >= 0.6 is 0 Å². The monoisotopic (exact) mass is 197 g/mol. The molecule has 2 rings (SSSR count). The van der Waals surface area contributed by atoms with E-state index in [0.29, 0.717) is 16.9 Å². The van der Waals surface area contributed by atoms with Gasteiger partial charge in [0.25, 0.3) is 0 Å². The minimum atomic E-state index is 0.428. The first kappa shape index (κ1) is 10.4. The van der Waals surface area contributed by atoms with Crippen molar-refractivity contribution in [2.45, 2.75) is 46.1 Å². The number of piperidine rings is 1. The van der Waals surface area contributed by atoms with Crippen molar-refractivity contribution in [1.29, 1.82) is 0 Å². The van der Waals surface area contributed by atoms with Crippen LogP contribution in [0.5, 0.6) is 0 Å². The van der Waals surface area contributed by atoms with Gasteiger partial charge in [-0.15, -0.1) is 0 Å². The lowest BCUT2D eigenvalue weighted by Gasteiger charge is -2.52. The van der Waals surface area contributed by atoms with Gasteiger partial charge >= 0.3 is 0 Å². The molecule has 2 heteroatoms. The molecule has 14 heavy (non-hydrogen) atoms. The molecule has 1 atom stereocenters. The molecular formula is C12H23NO. The van der Waals surface area contributed by atoms with E-state index in [9.17, 15) is 0 Å².